The molecule has 9 nitrogen and oxygen atoms in total. The summed E-state index contributed by atoms with van der Waals surface area (Å²) in [5.41, 5.74) is 2.01. The monoisotopic (exact) mass is 543 g/mol. The number of amides is 4. The van der Waals surface area contributed by atoms with Crippen LogP contribution in [0.4, 0.5) is 14.9 Å². The first kappa shape index (κ1) is 27.4. The summed E-state index contributed by atoms with van der Waals surface area (Å²) in [4.78, 5) is 43.4. The van der Waals surface area contributed by atoms with Gasteiger partial charge in [-0.3, -0.25) is 14.5 Å². The van der Waals surface area contributed by atoms with Gasteiger partial charge in [0.15, 0.2) is 0 Å². The van der Waals surface area contributed by atoms with Gasteiger partial charge in [-0.25, -0.2) is 9.18 Å². The topological polar surface area (TPSA) is 94.2 Å². The van der Waals surface area contributed by atoms with Crippen LogP contribution in [0.5, 0.6) is 5.75 Å². The maximum atomic E-state index is 13.5. The zero-order chi connectivity index (χ0) is 27.4. The van der Waals surface area contributed by atoms with Crippen molar-refractivity contribution in [2.75, 3.05) is 45.7 Å². The van der Waals surface area contributed by atoms with Crippen molar-refractivity contribution in [2.24, 2.45) is 0 Å². The number of hydrogen-bond acceptors (Lipinski definition) is 5. The highest BCUT2D eigenvalue weighted by atomic mass is 35.5. The summed E-state index contributed by atoms with van der Waals surface area (Å²) < 4.78 is 18.6. The molecule has 2 fully saturated rings. The quantitative estimate of drug-likeness (QED) is 0.546. The fourth-order valence-corrected chi connectivity index (χ4v) is 5.33. The third-order valence-corrected chi connectivity index (χ3v) is 7.00. The molecule has 2 heterocycles. The fraction of sp³-hybridized carbons (Fsp3) is 0.370. The number of anilines is 1. The average molecular weight is 544 g/mol. The van der Waals surface area contributed by atoms with Crippen molar-refractivity contribution in [3.8, 4) is 5.75 Å². The van der Waals surface area contributed by atoms with E-state index in [1.807, 2.05) is 4.90 Å². The van der Waals surface area contributed by atoms with Crippen molar-refractivity contribution in [2.45, 2.75) is 25.6 Å². The maximum absolute atomic E-state index is 13.5. The second-order valence-electron chi connectivity index (χ2n) is 9.42. The molecule has 2 aliphatic rings. The number of carbonyl (C=O) groups excluding carboxylic acids is 3. The number of hydrogen-bond donors (Lipinski definition) is 2. The Morgan fingerprint density at radius 3 is 2.34 bits per heavy atom. The maximum Gasteiger partial charge on any atom is 0.317 e. The van der Waals surface area contributed by atoms with Gasteiger partial charge in [-0.15, -0.1) is 0 Å². The van der Waals surface area contributed by atoms with Crippen molar-refractivity contribution >= 4 is 41.2 Å². The van der Waals surface area contributed by atoms with Crippen LogP contribution in [0.2, 0.25) is 5.02 Å². The predicted octanol–water partition coefficient (Wildman–Crippen LogP) is 3.20. The third kappa shape index (κ3) is 6.25. The van der Waals surface area contributed by atoms with E-state index in [-0.39, 0.29) is 35.7 Å². The standard InChI is InChI=1S/C27H31ClFN5O4/c1-17(35)31-24-11-23(28)25(38-3)10-19(24)6-9-26(36)34-21-13-32(12-18-4-7-20(29)8-5-18)14-22(34)16-33(15-21)27(37)30-2/h4-11,21-22H,12-16H2,1-3H3,(H,30,37)(H,31,35). The Morgan fingerprint density at radius 1 is 1.11 bits per heavy atom. The molecule has 38 heavy (non-hydrogen) atoms. The number of rotatable bonds is 6. The third-order valence-electron chi connectivity index (χ3n) is 6.70. The number of nitrogens with one attached hydrogen (secondary N) is 2. The lowest BCUT2D eigenvalue weighted by Gasteiger charge is -2.52. The highest BCUT2D eigenvalue weighted by Crippen LogP contribution is 2.32. The molecule has 2 atom stereocenters. The van der Waals surface area contributed by atoms with E-state index in [9.17, 15) is 18.8 Å². The molecule has 11 heteroatoms. The molecule has 0 saturated carbocycles. The number of methoxy groups -OCH3 is 1. The summed E-state index contributed by atoms with van der Waals surface area (Å²) in [6.45, 7) is 3.92. The molecule has 2 saturated heterocycles. The van der Waals surface area contributed by atoms with E-state index in [1.165, 1.54) is 32.2 Å². The van der Waals surface area contributed by atoms with Gasteiger partial charge in [0, 0.05) is 64.0 Å². The highest BCUT2D eigenvalue weighted by Gasteiger charge is 2.43. The zero-order valence-corrected chi connectivity index (χ0v) is 22.3. The second-order valence-corrected chi connectivity index (χ2v) is 9.83. The van der Waals surface area contributed by atoms with Crippen molar-refractivity contribution in [3.63, 3.8) is 0 Å². The van der Waals surface area contributed by atoms with Gasteiger partial charge >= 0.3 is 6.03 Å². The summed E-state index contributed by atoms with van der Waals surface area (Å²) in [5, 5.41) is 5.74. The fourth-order valence-electron chi connectivity index (χ4n) is 5.09. The SMILES string of the molecule is CNC(=O)N1CC2CN(Cc3ccc(F)cc3)CC(C1)N2C(=O)C=Cc1cc(OC)c(Cl)cc1NC(C)=O. The van der Waals surface area contributed by atoms with E-state index < -0.39 is 0 Å². The van der Waals surface area contributed by atoms with Gasteiger partial charge in [-0.05, 0) is 35.9 Å². The lowest BCUT2D eigenvalue weighted by molar-refractivity contribution is -0.139. The van der Waals surface area contributed by atoms with Crippen LogP contribution in [0.1, 0.15) is 18.1 Å². The summed E-state index contributed by atoms with van der Waals surface area (Å²) in [5.74, 6) is -0.330. The highest BCUT2D eigenvalue weighted by molar-refractivity contribution is 6.32. The largest absolute Gasteiger partial charge is 0.495 e. The Kier molecular flexibility index (Phi) is 8.53. The first-order valence-electron chi connectivity index (χ1n) is 12.3. The van der Waals surface area contributed by atoms with Crippen LogP contribution in [0.3, 0.4) is 0 Å². The van der Waals surface area contributed by atoms with Crippen LogP contribution in [-0.4, -0.2) is 85.0 Å². The molecular formula is C27H31ClFN5O4. The van der Waals surface area contributed by atoms with Gasteiger partial charge < -0.3 is 25.2 Å². The lowest BCUT2D eigenvalue weighted by Crippen LogP contribution is -2.70. The van der Waals surface area contributed by atoms with E-state index in [2.05, 4.69) is 15.5 Å². The minimum absolute atomic E-state index is 0.178. The summed E-state index contributed by atoms with van der Waals surface area (Å²) in [6, 6.07) is 9.00. The molecular weight excluding hydrogens is 513 g/mol. The normalized spacial score (nSPS) is 19.4. The number of carbonyl (C=O) groups is 3. The number of piperazine rings is 2. The number of fused-ring (bicyclic) bond motifs is 2. The Labute approximate surface area is 226 Å². The van der Waals surface area contributed by atoms with Crippen molar-refractivity contribution in [3.05, 3.63) is 64.4 Å². The summed E-state index contributed by atoms with van der Waals surface area (Å²) >= 11 is 6.23. The second kappa shape index (κ2) is 11.8. The Bertz CT molecular complexity index is 1220. The van der Waals surface area contributed by atoms with Gasteiger partial charge in [0.05, 0.1) is 24.2 Å². The minimum atomic E-state index is -0.283. The number of urea groups is 1. The Balaban J connectivity index is 1.56. The smallest absolute Gasteiger partial charge is 0.317 e. The summed E-state index contributed by atoms with van der Waals surface area (Å²) in [6.07, 6.45) is 3.10. The number of nitrogens with zero attached hydrogens (tertiary/aromatic N) is 3. The van der Waals surface area contributed by atoms with Crippen LogP contribution in [0.15, 0.2) is 42.5 Å². The van der Waals surface area contributed by atoms with E-state index in [0.29, 0.717) is 54.7 Å². The molecule has 202 valence electrons. The number of halogens is 2. The first-order valence-corrected chi connectivity index (χ1v) is 12.6. The summed E-state index contributed by atoms with van der Waals surface area (Å²) in [7, 11) is 3.08. The molecule has 2 aromatic rings. The van der Waals surface area contributed by atoms with Gasteiger partial charge in [-0.2, -0.15) is 0 Å². The van der Waals surface area contributed by atoms with Crippen LogP contribution in [0, 0.1) is 5.82 Å². The van der Waals surface area contributed by atoms with Crippen molar-refractivity contribution < 1.29 is 23.5 Å². The molecule has 0 aliphatic carbocycles. The van der Waals surface area contributed by atoms with Gasteiger partial charge in [-0.1, -0.05) is 23.7 Å². The first-order chi connectivity index (χ1) is 18.2. The van der Waals surface area contributed by atoms with Gasteiger partial charge in [0.1, 0.15) is 11.6 Å². The molecule has 2 aromatic carbocycles. The molecule has 4 amide bonds. The van der Waals surface area contributed by atoms with E-state index in [4.69, 9.17) is 16.3 Å². The molecule has 0 radical (unpaired) electrons. The average Bonchev–Trinajstić information content (AvgIpc) is 2.87. The molecule has 2 N–H and O–H groups in total. The van der Waals surface area contributed by atoms with Crippen LogP contribution >= 0.6 is 11.6 Å². The van der Waals surface area contributed by atoms with Crippen molar-refractivity contribution in [1.82, 2.24) is 20.0 Å². The number of ether oxygens (including phenoxy) is 1. The van der Waals surface area contributed by atoms with Crippen LogP contribution in [0.25, 0.3) is 6.08 Å². The lowest BCUT2D eigenvalue weighted by atomic mass is 9.99. The molecule has 2 aliphatic heterocycles. The Hall–Kier alpha value is -3.63. The molecule has 0 spiro atoms. The van der Waals surface area contributed by atoms with Gasteiger partial charge in [0.2, 0.25) is 11.8 Å². The molecule has 2 bridgehead atoms. The zero-order valence-electron chi connectivity index (χ0n) is 21.5. The van der Waals surface area contributed by atoms with Crippen LogP contribution in [-0.2, 0) is 16.1 Å². The van der Waals surface area contributed by atoms with Gasteiger partial charge in [0.25, 0.3) is 0 Å². The Morgan fingerprint density at radius 2 is 1.76 bits per heavy atom. The van der Waals surface area contributed by atoms with Crippen LogP contribution < -0.4 is 15.4 Å². The van der Waals surface area contributed by atoms with E-state index in [1.54, 1.807) is 42.3 Å². The molecule has 2 unspecified atom stereocenters. The van der Waals surface area contributed by atoms with Crippen molar-refractivity contribution in [1.29, 1.82) is 0 Å². The van der Waals surface area contributed by atoms with E-state index in [0.717, 1.165) is 5.56 Å². The van der Waals surface area contributed by atoms with E-state index >= 15 is 0 Å². The number of benzene rings is 2. The predicted molar refractivity (Wildman–Crippen MR) is 143 cm³/mol. The molecule has 0 aromatic heterocycles. The minimum Gasteiger partial charge on any atom is -0.495 e. The molecule has 4 rings (SSSR count).